The molecular formula is C24H17N5O2. The molecule has 0 amide bonds. The summed E-state index contributed by atoms with van der Waals surface area (Å²) in [6, 6.07) is 27.9. The first-order chi connectivity index (χ1) is 15.2. The molecule has 0 radical (unpaired) electrons. The third kappa shape index (κ3) is 4.83. The number of nitrogens with one attached hydrogen (secondary N) is 2. The third-order valence-electron chi connectivity index (χ3n) is 4.32. The van der Waals surface area contributed by atoms with Crippen LogP contribution in [0.3, 0.4) is 0 Å². The van der Waals surface area contributed by atoms with E-state index in [9.17, 15) is 10.1 Å². The molecule has 0 fully saturated rings. The second-order valence-corrected chi connectivity index (χ2v) is 6.47. The molecule has 31 heavy (non-hydrogen) atoms. The van der Waals surface area contributed by atoms with E-state index in [0.29, 0.717) is 17.0 Å². The van der Waals surface area contributed by atoms with Crippen molar-refractivity contribution in [3.05, 3.63) is 106 Å². The average molecular weight is 407 g/mol. The maximum absolute atomic E-state index is 12.3. The second-order valence-electron chi connectivity index (χ2n) is 6.47. The summed E-state index contributed by atoms with van der Waals surface area (Å²) in [7, 11) is 0. The number of anilines is 1. The zero-order valence-electron chi connectivity index (χ0n) is 16.3. The Labute approximate surface area is 178 Å². The molecule has 3 aromatic carbocycles. The van der Waals surface area contributed by atoms with Crippen LogP contribution in [-0.2, 0) is 0 Å². The minimum Gasteiger partial charge on any atom is -0.457 e. The fourth-order valence-electron chi connectivity index (χ4n) is 2.85. The van der Waals surface area contributed by atoms with Gasteiger partial charge in [-0.05, 0) is 42.0 Å². The Morgan fingerprint density at radius 2 is 1.58 bits per heavy atom. The van der Waals surface area contributed by atoms with Gasteiger partial charge in [0.2, 0.25) is 5.95 Å². The van der Waals surface area contributed by atoms with Gasteiger partial charge in [0.05, 0.1) is 11.9 Å². The number of nitrogens with zero attached hydrogens (tertiary/aromatic N) is 3. The molecule has 0 spiro atoms. The van der Waals surface area contributed by atoms with Gasteiger partial charge < -0.3 is 4.74 Å². The Morgan fingerprint density at radius 3 is 2.26 bits per heavy atom. The van der Waals surface area contributed by atoms with Crippen LogP contribution in [0.4, 0.5) is 5.95 Å². The summed E-state index contributed by atoms with van der Waals surface area (Å²) in [6.45, 7) is 0. The van der Waals surface area contributed by atoms with Crippen LogP contribution in [0.25, 0.3) is 11.3 Å². The average Bonchev–Trinajstić information content (AvgIpc) is 2.81. The van der Waals surface area contributed by atoms with Gasteiger partial charge in [0, 0.05) is 5.56 Å². The van der Waals surface area contributed by atoms with Crippen LogP contribution in [0.15, 0.2) is 94.8 Å². The molecule has 0 aliphatic carbocycles. The normalized spacial score (nSPS) is 10.5. The zero-order valence-corrected chi connectivity index (χ0v) is 16.3. The molecule has 0 bridgehead atoms. The number of ether oxygens (including phenoxy) is 1. The minimum absolute atomic E-state index is 0.0465. The van der Waals surface area contributed by atoms with Gasteiger partial charge in [-0.25, -0.2) is 10.4 Å². The summed E-state index contributed by atoms with van der Waals surface area (Å²) in [5, 5.41) is 13.4. The predicted molar refractivity (Wildman–Crippen MR) is 119 cm³/mol. The summed E-state index contributed by atoms with van der Waals surface area (Å²) < 4.78 is 5.76. The van der Waals surface area contributed by atoms with Crippen LogP contribution in [0.2, 0.25) is 0 Å². The van der Waals surface area contributed by atoms with E-state index in [1.165, 1.54) is 0 Å². The first-order valence-corrected chi connectivity index (χ1v) is 9.45. The van der Waals surface area contributed by atoms with Crippen molar-refractivity contribution in [2.75, 3.05) is 5.43 Å². The lowest BCUT2D eigenvalue weighted by Gasteiger charge is -2.06. The number of hydrogen-bond donors (Lipinski definition) is 2. The second kappa shape index (κ2) is 9.20. The van der Waals surface area contributed by atoms with Gasteiger partial charge in [-0.15, -0.1) is 0 Å². The number of hydrogen-bond acceptors (Lipinski definition) is 6. The van der Waals surface area contributed by atoms with Crippen molar-refractivity contribution in [2.24, 2.45) is 5.10 Å². The largest absolute Gasteiger partial charge is 0.457 e. The Kier molecular flexibility index (Phi) is 5.82. The summed E-state index contributed by atoms with van der Waals surface area (Å²) in [4.78, 5) is 19.1. The fourth-order valence-corrected chi connectivity index (χ4v) is 2.85. The minimum atomic E-state index is -0.531. The topological polar surface area (TPSA) is 103 Å². The summed E-state index contributed by atoms with van der Waals surface area (Å²) in [6.07, 6.45) is 1.59. The molecule has 4 aromatic rings. The van der Waals surface area contributed by atoms with E-state index < -0.39 is 5.56 Å². The molecule has 0 atom stereocenters. The molecule has 0 unspecified atom stereocenters. The van der Waals surface area contributed by atoms with Crippen LogP contribution >= 0.6 is 0 Å². The highest BCUT2D eigenvalue weighted by Crippen LogP contribution is 2.21. The maximum atomic E-state index is 12.3. The molecule has 0 aliphatic heterocycles. The van der Waals surface area contributed by atoms with Gasteiger partial charge in [-0.2, -0.15) is 10.4 Å². The molecule has 0 aliphatic rings. The number of para-hydroxylation sites is 1. The first-order valence-electron chi connectivity index (χ1n) is 9.45. The van der Waals surface area contributed by atoms with Crippen molar-refractivity contribution in [1.29, 1.82) is 5.26 Å². The molecule has 4 rings (SSSR count). The van der Waals surface area contributed by atoms with Crippen molar-refractivity contribution in [2.45, 2.75) is 0 Å². The summed E-state index contributed by atoms with van der Waals surface area (Å²) >= 11 is 0. The standard InChI is InChI=1S/C24H17N5O2/c25-15-21-22(18-7-3-1-4-8-18)27-24(28-23(21)30)29-26-16-17-11-13-20(14-12-17)31-19-9-5-2-6-10-19/h1-14,16H,(H2,27,28,29,30). The third-order valence-corrected chi connectivity index (χ3v) is 4.32. The quantitative estimate of drug-likeness (QED) is 0.361. The molecule has 150 valence electrons. The molecular weight excluding hydrogens is 390 g/mol. The zero-order chi connectivity index (χ0) is 21.5. The van der Waals surface area contributed by atoms with Crippen LogP contribution in [0, 0.1) is 11.3 Å². The van der Waals surface area contributed by atoms with Crippen LogP contribution in [0.5, 0.6) is 11.5 Å². The number of aromatic nitrogens is 2. The molecule has 7 nitrogen and oxygen atoms in total. The lowest BCUT2D eigenvalue weighted by Crippen LogP contribution is -2.16. The first kappa shape index (κ1) is 19.6. The number of H-pyrrole nitrogens is 1. The van der Waals surface area contributed by atoms with E-state index in [2.05, 4.69) is 20.5 Å². The van der Waals surface area contributed by atoms with Gasteiger partial charge >= 0.3 is 0 Å². The van der Waals surface area contributed by atoms with E-state index >= 15 is 0 Å². The lowest BCUT2D eigenvalue weighted by molar-refractivity contribution is 0.482. The summed E-state index contributed by atoms with van der Waals surface area (Å²) in [5.74, 6) is 1.61. The summed E-state index contributed by atoms with van der Waals surface area (Å²) in [5.41, 5.74) is 3.93. The highest BCUT2D eigenvalue weighted by molar-refractivity contribution is 5.80. The van der Waals surface area contributed by atoms with E-state index in [1.54, 1.807) is 18.3 Å². The lowest BCUT2D eigenvalue weighted by atomic mass is 10.1. The van der Waals surface area contributed by atoms with E-state index in [0.717, 1.165) is 11.3 Å². The SMILES string of the molecule is N#Cc1c(-c2ccccc2)nc(NN=Cc2ccc(Oc3ccccc3)cc2)[nH]c1=O. The fraction of sp³-hybridized carbons (Fsp3) is 0. The number of hydrazone groups is 1. The van der Waals surface area contributed by atoms with Crippen LogP contribution < -0.4 is 15.7 Å². The Hall–Kier alpha value is -4.70. The van der Waals surface area contributed by atoms with Gasteiger partial charge in [0.1, 0.15) is 23.1 Å². The maximum Gasteiger partial charge on any atom is 0.270 e. The van der Waals surface area contributed by atoms with E-state index in [1.807, 2.05) is 78.9 Å². The van der Waals surface area contributed by atoms with E-state index in [-0.39, 0.29) is 11.5 Å². The molecule has 0 saturated heterocycles. The highest BCUT2D eigenvalue weighted by atomic mass is 16.5. The molecule has 2 N–H and O–H groups in total. The van der Waals surface area contributed by atoms with Crippen molar-refractivity contribution < 1.29 is 4.74 Å². The Morgan fingerprint density at radius 1 is 0.935 bits per heavy atom. The molecule has 7 heteroatoms. The molecule has 1 heterocycles. The van der Waals surface area contributed by atoms with Crippen molar-refractivity contribution >= 4 is 12.2 Å². The highest BCUT2D eigenvalue weighted by Gasteiger charge is 2.12. The van der Waals surface area contributed by atoms with Gasteiger partial charge in [-0.1, -0.05) is 48.5 Å². The van der Waals surface area contributed by atoms with Crippen LogP contribution in [-0.4, -0.2) is 16.2 Å². The molecule has 0 saturated carbocycles. The van der Waals surface area contributed by atoms with Gasteiger partial charge in [-0.3, -0.25) is 9.78 Å². The molecule has 1 aromatic heterocycles. The van der Waals surface area contributed by atoms with Gasteiger partial charge in [0.25, 0.3) is 5.56 Å². The Balaban J connectivity index is 1.48. The van der Waals surface area contributed by atoms with Gasteiger partial charge in [0.15, 0.2) is 0 Å². The number of benzene rings is 3. The van der Waals surface area contributed by atoms with Crippen molar-refractivity contribution in [3.8, 4) is 28.8 Å². The van der Waals surface area contributed by atoms with Crippen molar-refractivity contribution in [3.63, 3.8) is 0 Å². The number of aromatic amines is 1. The van der Waals surface area contributed by atoms with Crippen molar-refractivity contribution in [1.82, 2.24) is 9.97 Å². The number of nitriles is 1. The van der Waals surface area contributed by atoms with E-state index in [4.69, 9.17) is 4.74 Å². The number of rotatable bonds is 6. The smallest absolute Gasteiger partial charge is 0.270 e. The predicted octanol–water partition coefficient (Wildman–Crippen LogP) is 4.55. The Bertz CT molecular complexity index is 1290. The monoisotopic (exact) mass is 407 g/mol. The van der Waals surface area contributed by atoms with Crippen LogP contribution in [0.1, 0.15) is 11.1 Å².